The second-order valence-corrected chi connectivity index (χ2v) is 18.0. The molecule has 71 heavy (non-hydrogen) atoms. The molecule has 13 nitrogen and oxygen atoms in total. The number of ether oxygens (including phenoxy) is 1. The summed E-state index contributed by atoms with van der Waals surface area (Å²) in [4.78, 5) is 88.2. The van der Waals surface area contributed by atoms with E-state index in [0.717, 1.165) is 44.3 Å². The van der Waals surface area contributed by atoms with Crippen molar-refractivity contribution < 1.29 is 38.6 Å². The average molecular weight is 952 g/mol. The van der Waals surface area contributed by atoms with Crippen molar-refractivity contribution in [3.05, 3.63) is 198 Å². The zero-order valence-electron chi connectivity index (χ0n) is 39.2. The number of aromatic amines is 1. The minimum atomic E-state index is -1.24. The molecule has 1 aromatic heterocycles. The van der Waals surface area contributed by atoms with E-state index in [9.17, 15) is 33.9 Å². The van der Waals surface area contributed by atoms with Crippen LogP contribution in [0.4, 0.5) is 0 Å². The van der Waals surface area contributed by atoms with Crippen LogP contribution in [0.25, 0.3) is 22.0 Å². The van der Waals surface area contributed by atoms with Crippen molar-refractivity contribution in [2.45, 2.75) is 75.5 Å². The van der Waals surface area contributed by atoms with E-state index < -0.39 is 72.1 Å². The molecule has 0 saturated carbocycles. The Labute approximate surface area is 412 Å². The zero-order valence-corrected chi connectivity index (χ0v) is 39.2. The molecule has 9 rings (SSSR count). The van der Waals surface area contributed by atoms with Crippen molar-refractivity contribution >= 4 is 46.3 Å². The molecule has 2 aliphatic heterocycles. The maximum absolute atomic E-state index is 14.9. The van der Waals surface area contributed by atoms with E-state index in [0.29, 0.717) is 24.2 Å². The third kappa shape index (κ3) is 13.7. The SMILES string of the molecule is O=C1COc2ccc(cc2)C[C@@H](C(=O)N[C@H](CCc2ccccc2)C(=O)O)CC(=O)[C@H](CCc2ccccc2)NC(=O)[C@@H](Cc2ccc(-c3ccccc3)cc2)NC(=O)[C@H](Cc2c[nH]c3ccccc23)N1. The first-order valence-corrected chi connectivity index (χ1v) is 24.0. The number of rotatable bonds is 14. The number of amides is 4. The van der Waals surface area contributed by atoms with E-state index in [1.807, 2.05) is 140 Å². The van der Waals surface area contributed by atoms with Gasteiger partial charge in [-0.25, -0.2) is 4.79 Å². The summed E-state index contributed by atoms with van der Waals surface area (Å²) in [5, 5.41) is 22.6. The van der Waals surface area contributed by atoms with Crippen molar-refractivity contribution in [1.82, 2.24) is 26.3 Å². The molecule has 6 N–H and O–H groups in total. The van der Waals surface area contributed by atoms with Crippen LogP contribution < -0.4 is 26.0 Å². The number of carboxylic acids is 1. The van der Waals surface area contributed by atoms with Gasteiger partial charge < -0.3 is 36.1 Å². The van der Waals surface area contributed by atoms with Crippen LogP contribution in [0.3, 0.4) is 0 Å². The van der Waals surface area contributed by atoms with E-state index in [4.69, 9.17) is 4.74 Å². The Morgan fingerprint density at radius 3 is 1.87 bits per heavy atom. The van der Waals surface area contributed by atoms with E-state index in [2.05, 4.69) is 26.3 Å². The van der Waals surface area contributed by atoms with Crippen molar-refractivity contribution in [3.63, 3.8) is 0 Å². The average Bonchev–Trinajstić information content (AvgIpc) is 3.80. The third-order valence-corrected chi connectivity index (χ3v) is 12.9. The standard InChI is InChI=1S/C58H57N5O8/c64-53-35-44(55(66)62-50(58(69)70)31-25-39-14-6-2-7-15-39)32-40-22-28-46(29-23-40)71-37-54(65)60-52(34-45-36-59-48-19-11-10-18-47(45)48)57(68)63-51(56(67)61-49(53)30-24-38-12-4-1-5-13-38)33-41-20-26-43(27-21-41)42-16-8-3-9-17-42/h1-23,26-29,36,44,49-52,59H,24-25,30-35,37H2,(H,60,65)(H,61,67)(H,62,66)(H,63,68)(H,69,70)/t44-,49+,50-,51-,52+/m1/s1. The second-order valence-electron chi connectivity index (χ2n) is 18.0. The number of fused-ring (bicyclic) bond motifs is 17. The summed E-state index contributed by atoms with van der Waals surface area (Å²) >= 11 is 0. The molecule has 4 amide bonds. The molecule has 13 heteroatoms. The number of carbonyl (C=O) groups is 6. The largest absolute Gasteiger partial charge is 0.484 e. The quantitative estimate of drug-likeness (QED) is 0.0620. The lowest BCUT2D eigenvalue weighted by Crippen LogP contribution is -2.57. The van der Waals surface area contributed by atoms with Gasteiger partial charge in [0, 0.05) is 42.3 Å². The molecule has 7 aromatic rings. The topological polar surface area (TPSA) is 196 Å². The first-order valence-electron chi connectivity index (χ1n) is 24.0. The molecule has 0 unspecified atom stereocenters. The van der Waals surface area contributed by atoms with Gasteiger partial charge in [-0.2, -0.15) is 0 Å². The fraction of sp³-hybridized carbons (Fsp3) is 0.241. The summed E-state index contributed by atoms with van der Waals surface area (Å²) in [5.74, 6) is -4.81. The van der Waals surface area contributed by atoms with Gasteiger partial charge in [0.05, 0.1) is 6.04 Å². The van der Waals surface area contributed by atoms with Crippen molar-refractivity contribution in [2.75, 3.05) is 6.61 Å². The summed E-state index contributed by atoms with van der Waals surface area (Å²) < 4.78 is 5.88. The van der Waals surface area contributed by atoms with E-state index >= 15 is 0 Å². The van der Waals surface area contributed by atoms with Crippen molar-refractivity contribution in [1.29, 1.82) is 0 Å². The van der Waals surface area contributed by atoms with Crippen LogP contribution in [0, 0.1) is 5.92 Å². The van der Waals surface area contributed by atoms with Crippen LogP contribution in [0.5, 0.6) is 5.75 Å². The number of para-hydroxylation sites is 1. The summed E-state index contributed by atoms with van der Waals surface area (Å²) in [7, 11) is 0. The Hall–Kier alpha value is -8.32. The molecule has 3 heterocycles. The fourth-order valence-electron chi connectivity index (χ4n) is 8.99. The van der Waals surface area contributed by atoms with E-state index in [-0.39, 0.29) is 38.5 Å². The number of benzene rings is 6. The number of carboxylic acid groups (broad SMARTS) is 1. The van der Waals surface area contributed by atoms with Crippen molar-refractivity contribution in [3.8, 4) is 16.9 Å². The number of hydrogen-bond acceptors (Lipinski definition) is 7. The van der Waals surface area contributed by atoms with Crippen LogP contribution in [0.2, 0.25) is 0 Å². The highest BCUT2D eigenvalue weighted by atomic mass is 16.5. The normalized spacial score (nSPS) is 18.4. The number of H-pyrrole nitrogens is 1. The molecule has 0 aliphatic carbocycles. The maximum Gasteiger partial charge on any atom is 0.326 e. The van der Waals surface area contributed by atoms with Gasteiger partial charge in [0.15, 0.2) is 12.4 Å². The number of hydrogen-bond donors (Lipinski definition) is 6. The van der Waals surface area contributed by atoms with Gasteiger partial charge in [-0.05, 0) is 89.2 Å². The molecule has 2 aliphatic rings. The highest BCUT2D eigenvalue weighted by molar-refractivity contribution is 5.97. The van der Waals surface area contributed by atoms with Crippen LogP contribution in [-0.4, -0.2) is 76.2 Å². The Balaban J connectivity index is 1.12. The van der Waals surface area contributed by atoms with Gasteiger partial charge >= 0.3 is 5.97 Å². The number of carbonyl (C=O) groups excluding carboxylic acids is 5. The molecular formula is C58H57N5O8. The van der Waals surface area contributed by atoms with Gasteiger partial charge in [-0.3, -0.25) is 24.0 Å². The Morgan fingerprint density at radius 2 is 1.20 bits per heavy atom. The highest BCUT2D eigenvalue weighted by Crippen LogP contribution is 2.24. The monoisotopic (exact) mass is 951 g/mol. The number of Topliss-reactive ketones (excluding diaryl/α,β-unsaturated/α-hetero) is 1. The van der Waals surface area contributed by atoms with Crippen LogP contribution >= 0.6 is 0 Å². The zero-order chi connectivity index (χ0) is 49.5. The molecule has 0 fully saturated rings. The van der Waals surface area contributed by atoms with Crippen LogP contribution in [0.15, 0.2) is 170 Å². The predicted molar refractivity (Wildman–Crippen MR) is 271 cm³/mol. The van der Waals surface area contributed by atoms with Crippen LogP contribution in [-0.2, 0) is 60.9 Å². The van der Waals surface area contributed by atoms with E-state index in [1.165, 1.54) is 0 Å². The number of nitrogens with one attached hydrogen (secondary N) is 5. The minimum absolute atomic E-state index is 0.0294. The predicted octanol–water partition coefficient (Wildman–Crippen LogP) is 7.12. The fourth-order valence-corrected chi connectivity index (χ4v) is 8.99. The van der Waals surface area contributed by atoms with Gasteiger partial charge in [0.25, 0.3) is 5.91 Å². The van der Waals surface area contributed by atoms with Crippen molar-refractivity contribution in [2.24, 2.45) is 5.92 Å². The lowest BCUT2D eigenvalue weighted by Gasteiger charge is -2.26. The Kier molecular flexibility index (Phi) is 16.5. The lowest BCUT2D eigenvalue weighted by molar-refractivity contribution is -0.143. The Bertz CT molecular complexity index is 2930. The molecule has 0 saturated heterocycles. The summed E-state index contributed by atoms with van der Waals surface area (Å²) in [6, 6.07) is 45.9. The summed E-state index contributed by atoms with van der Waals surface area (Å²) in [5.41, 5.74) is 6.79. The summed E-state index contributed by atoms with van der Waals surface area (Å²) in [6.45, 7) is -0.434. The minimum Gasteiger partial charge on any atom is -0.484 e. The van der Waals surface area contributed by atoms with Gasteiger partial charge in [0.2, 0.25) is 17.7 Å². The van der Waals surface area contributed by atoms with E-state index in [1.54, 1.807) is 30.5 Å². The molecular weight excluding hydrogens is 895 g/mol. The number of aromatic nitrogens is 1. The second kappa shape index (κ2) is 23.8. The Morgan fingerprint density at radius 1 is 0.606 bits per heavy atom. The van der Waals surface area contributed by atoms with Gasteiger partial charge in [0.1, 0.15) is 23.9 Å². The number of aryl methyl sites for hydroxylation is 2. The lowest BCUT2D eigenvalue weighted by atomic mass is 9.89. The highest BCUT2D eigenvalue weighted by Gasteiger charge is 2.34. The first kappa shape index (κ1) is 49.1. The molecule has 0 radical (unpaired) electrons. The maximum atomic E-state index is 14.9. The van der Waals surface area contributed by atoms with Gasteiger partial charge in [-0.1, -0.05) is 146 Å². The summed E-state index contributed by atoms with van der Waals surface area (Å²) in [6.07, 6.45) is 2.68. The number of aliphatic carboxylic acids is 1. The first-order chi connectivity index (χ1) is 34.5. The van der Waals surface area contributed by atoms with Gasteiger partial charge in [-0.15, -0.1) is 0 Å². The van der Waals surface area contributed by atoms with Crippen LogP contribution in [0.1, 0.15) is 47.1 Å². The number of ketones is 1. The molecule has 2 bridgehead atoms. The molecule has 362 valence electrons. The third-order valence-electron chi connectivity index (χ3n) is 12.9. The molecule has 5 atom stereocenters. The molecule has 6 aromatic carbocycles. The molecule has 0 spiro atoms. The smallest absolute Gasteiger partial charge is 0.326 e.